The molecular formula is C12H18N2. The Balaban J connectivity index is 2.34. The summed E-state index contributed by atoms with van der Waals surface area (Å²) in [7, 11) is 6.35. The van der Waals surface area contributed by atoms with Gasteiger partial charge in [-0.05, 0) is 38.7 Å². The van der Waals surface area contributed by atoms with Crippen molar-refractivity contribution in [3.05, 3.63) is 35.4 Å². The van der Waals surface area contributed by atoms with Gasteiger partial charge in [-0.2, -0.15) is 0 Å². The van der Waals surface area contributed by atoms with Crippen LogP contribution in [-0.2, 0) is 6.42 Å². The van der Waals surface area contributed by atoms with E-state index >= 15 is 0 Å². The Morgan fingerprint density at radius 3 is 2.64 bits per heavy atom. The molecule has 14 heavy (non-hydrogen) atoms. The van der Waals surface area contributed by atoms with Crippen molar-refractivity contribution in [3.63, 3.8) is 0 Å². The molecule has 0 bridgehead atoms. The normalized spacial score (nSPS) is 25.4. The minimum atomic E-state index is 0.487. The molecule has 1 aromatic carbocycles. The van der Waals surface area contributed by atoms with Crippen LogP contribution in [0.5, 0.6) is 0 Å². The third-order valence-corrected chi connectivity index (χ3v) is 3.18. The smallest absolute Gasteiger partial charge is 0.0481 e. The molecule has 2 atom stereocenters. The minimum Gasteiger partial charge on any atom is -0.312 e. The zero-order chi connectivity index (χ0) is 10.1. The van der Waals surface area contributed by atoms with Crippen LogP contribution >= 0.6 is 0 Å². The molecule has 1 N–H and O–H groups in total. The highest BCUT2D eigenvalue weighted by Crippen LogP contribution is 2.32. The molecular weight excluding hydrogens is 172 g/mol. The van der Waals surface area contributed by atoms with Gasteiger partial charge in [-0.25, -0.2) is 0 Å². The lowest BCUT2D eigenvalue weighted by atomic mass is 10.1. The number of nitrogens with one attached hydrogen (secondary N) is 1. The number of fused-ring (bicyclic) bond motifs is 1. The van der Waals surface area contributed by atoms with Gasteiger partial charge < -0.3 is 10.2 Å². The zero-order valence-electron chi connectivity index (χ0n) is 9.12. The monoisotopic (exact) mass is 190 g/mol. The van der Waals surface area contributed by atoms with Crippen LogP contribution in [-0.4, -0.2) is 32.1 Å². The summed E-state index contributed by atoms with van der Waals surface area (Å²) in [4.78, 5) is 2.31. The van der Waals surface area contributed by atoms with Gasteiger partial charge in [0.15, 0.2) is 0 Å². The van der Waals surface area contributed by atoms with Crippen LogP contribution < -0.4 is 5.32 Å². The molecule has 0 saturated carbocycles. The summed E-state index contributed by atoms with van der Waals surface area (Å²) < 4.78 is 0. The van der Waals surface area contributed by atoms with E-state index in [0.29, 0.717) is 12.1 Å². The summed E-state index contributed by atoms with van der Waals surface area (Å²) in [6, 6.07) is 9.81. The van der Waals surface area contributed by atoms with Crippen LogP contribution in [0.4, 0.5) is 0 Å². The molecule has 1 aliphatic carbocycles. The van der Waals surface area contributed by atoms with E-state index in [1.807, 2.05) is 7.05 Å². The van der Waals surface area contributed by atoms with Crippen molar-refractivity contribution >= 4 is 0 Å². The van der Waals surface area contributed by atoms with Crippen LogP contribution in [0.25, 0.3) is 0 Å². The first-order valence-corrected chi connectivity index (χ1v) is 5.15. The third-order valence-electron chi connectivity index (χ3n) is 3.18. The Kier molecular flexibility index (Phi) is 2.57. The fourth-order valence-electron chi connectivity index (χ4n) is 2.40. The Morgan fingerprint density at radius 1 is 1.29 bits per heavy atom. The SMILES string of the molecule is CN[C@@H]1c2ccccc2C[C@H]1N(C)C. The van der Waals surface area contributed by atoms with Crippen molar-refractivity contribution in [3.8, 4) is 0 Å². The second-order valence-corrected chi connectivity index (χ2v) is 4.20. The highest BCUT2D eigenvalue weighted by atomic mass is 15.1. The largest absolute Gasteiger partial charge is 0.312 e. The van der Waals surface area contributed by atoms with Crippen molar-refractivity contribution < 1.29 is 0 Å². The lowest BCUT2D eigenvalue weighted by molar-refractivity contribution is 0.251. The van der Waals surface area contributed by atoms with Gasteiger partial charge >= 0.3 is 0 Å². The van der Waals surface area contributed by atoms with Crippen molar-refractivity contribution in [2.24, 2.45) is 0 Å². The third kappa shape index (κ3) is 1.45. The fraction of sp³-hybridized carbons (Fsp3) is 0.500. The second-order valence-electron chi connectivity index (χ2n) is 4.20. The second kappa shape index (κ2) is 3.71. The first kappa shape index (κ1) is 9.69. The Hall–Kier alpha value is -0.860. The number of rotatable bonds is 2. The van der Waals surface area contributed by atoms with Crippen LogP contribution in [0.15, 0.2) is 24.3 Å². The van der Waals surface area contributed by atoms with E-state index in [4.69, 9.17) is 0 Å². The lowest BCUT2D eigenvalue weighted by Gasteiger charge is -2.26. The predicted molar refractivity (Wildman–Crippen MR) is 59.4 cm³/mol. The molecule has 0 aliphatic heterocycles. The molecule has 0 radical (unpaired) electrons. The zero-order valence-corrected chi connectivity index (χ0v) is 9.12. The number of hydrogen-bond acceptors (Lipinski definition) is 2. The molecule has 0 aromatic heterocycles. The predicted octanol–water partition coefficient (Wildman–Crippen LogP) is 1.43. The van der Waals surface area contributed by atoms with Gasteiger partial charge in [-0.3, -0.25) is 0 Å². The van der Waals surface area contributed by atoms with E-state index in [2.05, 4.69) is 48.6 Å². The summed E-state index contributed by atoms with van der Waals surface area (Å²) in [5, 5.41) is 3.41. The molecule has 0 spiro atoms. The van der Waals surface area contributed by atoms with E-state index in [1.54, 1.807) is 0 Å². The summed E-state index contributed by atoms with van der Waals surface area (Å²) in [6.45, 7) is 0. The highest BCUT2D eigenvalue weighted by molar-refractivity contribution is 5.37. The number of benzene rings is 1. The van der Waals surface area contributed by atoms with Gasteiger partial charge in [0, 0.05) is 12.1 Å². The molecule has 2 heteroatoms. The molecule has 0 saturated heterocycles. The summed E-state index contributed by atoms with van der Waals surface area (Å²) >= 11 is 0. The van der Waals surface area contributed by atoms with E-state index in [-0.39, 0.29) is 0 Å². The summed E-state index contributed by atoms with van der Waals surface area (Å²) in [5.74, 6) is 0. The quantitative estimate of drug-likeness (QED) is 0.759. The topological polar surface area (TPSA) is 15.3 Å². The molecule has 76 valence electrons. The maximum Gasteiger partial charge on any atom is 0.0481 e. The lowest BCUT2D eigenvalue weighted by Crippen LogP contribution is -2.37. The van der Waals surface area contributed by atoms with E-state index in [1.165, 1.54) is 11.1 Å². The van der Waals surface area contributed by atoms with E-state index in [9.17, 15) is 0 Å². The molecule has 0 unspecified atom stereocenters. The van der Waals surface area contributed by atoms with Gasteiger partial charge in [0.25, 0.3) is 0 Å². The first-order valence-electron chi connectivity index (χ1n) is 5.15. The molecule has 0 heterocycles. The first-order chi connectivity index (χ1) is 6.74. The van der Waals surface area contributed by atoms with Crippen molar-refractivity contribution in [2.75, 3.05) is 21.1 Å². The fourth-order valence-corrected chi connectivity index (χ4v) is 2.40. The average Bonchev–Trinajstić information content (AvgIpc) is 2.56. The van der Waals surface area contributed by atoms with E-state index in [0.717, 1.165) is 6.42 Å². The number of hydrogen-bond donors (Lipinski definition) is 1. The van der Waals surface area contributed by atoms with Crippen molar-refractivity contribution in [2.45, 2.75) is 18.5 Å². The molecule has 2 nitrogen and oxygen atoms in total. The maximum atomic E-state index is 3.41. The van der Waals surface area contributed by atoms with Crippen molar-refractivity contribution in [1.29, 1.82) is 0 Å². The molecule has 1 aromatic rings. The highest BCUT2D eigenvalue weighted by Gasteiger charge is 2.31. The van der Waals surface area contributed by atoms with Crippen LogP contribution in [0.1, 0.15) is 17.2 Å². The Labute approximate surface area is 85.9 Å². The standard InChI is InChI=1S/C12H18N2/c1-13-12-10-7-5-4-6-9(10)8-11(12)14(2)3/h4-7,11-13H,8H2,1-3H3/t11-,12-/m1/s1. The molecule has 2 rings (SSSR count). The van der Waals surface area contributed by atoms with Gasteiger partial charge in [-0.1, -0.05) is 24.3 Å². The van der Waals surface area contributed by atoms with Crippen LogP contribution in [0.3, 0.4) is 0 Å². The Bertz CT molecular complexity index is 320. The Morgan fingerprint density at radius 2 is 2.00 bits per heavy atom. The molecule has 0 fully saturated rings. The van der Waals surface area contributed by atoms with Gasteiger partial charge in [-0.15, -0.1) is 0 Å². The van der Waals surface area contributed by atoms with Gasteiger partial charge in [0.05, 0.1) is 0 Å². The van der Waals surface area contributed by atoms with Crippen molar-refractivity contribution in [1.82, 2.24) is 10.2 Å². The summed E-state index contributed by atoms with van der Waals surface area (Å²) in [6.07, 6.45) is 1.16. The average molecular weight is 190 g/mol. The minimum absolute atomic E-state index is 0.487. The molecule has 1 aliphatic rings. The van der Waals surface area contributed by atoms with Gasteiger partial charge in [0.1, 0.15) is 0 Å². The van der Waals surface area contributed by atoms with Crippen LogP contribution in [0, 0.1) is 0 Å². The molecule has 0 amide bonds. The number of likely N-dealkylation sites (N-methyl/N-ethyl adjacent to an activating group) is 2. The summed E-state index contributed by atoms with van der Waals surface area (Å²) in [5.41, 5.74) is 2.96. The number of nitrogens with zero attached hydrogens (tertiary/aromatic N) is 1. The van der Waals surface area contributed by atoms with E-state index < -0.39 is 0 Å². The van der Waals surface area contributed by atoms with Gasteiger partial charge in [0.2, 0.25) is 0 Å². The van der Waals surface area contributed by atoms with Crippen LogP contribution in [0.2, 0.25) is 0 Å². The maximum absolute atomic E-state index is 3.41.